The number of nitrogens with two attached hydrogens (primary N) is 1. The maximum absolute atomic E-state index is 5.77. The molecule has 2 rings (SSSR count). The van der Waals surface area contributed by atoms with Gasteiger partial charge < -0.3 is 15.2 Å². The van der Waals surface area contributed by atoms with E-state index < -0.39 is 0 Å². The first-order valence-electron chi connectivity index (χ1n) is 7.21. The Hall–Kier alpha value is -1.59. The molecule has 0 atom stereocenters. The highest BCUT2D eigenvalue weighted by Crippen LogP contribution is 2.21. The minimum absolute atomic E-state index is 0.576. The standard InChI is InChI=1S/C16H22N2O2S/c1-3-4-14-15(11-17)21-16(18-14)9-10-20-13-7-5-12(19-2)6-8-13/h5-8H,3-4,9-11,17H2,1-2H3. The molecular formula is C16H22N2O2S. The van der Waals surface area contributed by atoms with Crippen molar-refractivity contribution < 1.29 is 9.47 Å². The molecule has 0 spiro atoms. The van der Waals surface area contributed by atoms with Gasteiger partial charge in [0.2, 0.25) is 0 Å². The van der Waals surface area contributed by atoms with Crippen LogP contribution in [-0.2, 0) is 19.4 Å². The summed E-state index contributed by atoms with van der Waals surface area (Å²) in [7, 11) is 1.65. The van der Waals surface area contributed by atoms with Gasteiger partial charge in [-0.25, -0.2) is 4.98 Å². The molecule has 21 heavy (non-hydrogen) atoms. The van der Waals surface area contributed by atoms with Crippen molar-refractivity contribution in [1.29, 1.82) is 0 Å². The summed E-state index contributed by atoms with van der Waals surface area (Å²) in [5.74, 6) is 1.68. The van der Waals surface area contributed by atoms with Crippen molar-refractivity contribution in [2.24, 2.45) is 5.73 Å². The van der Waals surface area contributed by atoms with E-state index in [0.29, 0.717) is 13.2 Å². The van der Waals surface area contributed by atoms with Crippen LogP contribution in [0.1, 0.15) is 28.9 Å². The van der Waals surface area contributed by atoms with Gasteiger partial charge in [-0.05, 0) is 30.7 Å². The molecule has 1 aromatic carbocycles. The summed E-state index contributed by atoms with van der Waals surface area (Å²) in [5, 5.41) is 1.10. The molecule has 0 unspecified atom stereocenters. The van der Waals surface area contributed by atoms with Gasteiger partial charge in [-0.15, -0.1) is 11.3 Å². The van der Waals surface area contributed by atoms with Gasteiger partial charge in [0, 0.05) is 17.8 Å². The third-order valence-electron chi connectivity index (χ3n) is 3.14. The van der Waals surface area contributed by atoms with E-state index in [0.717, 1.165) is 41.5 Å². The number of nitrogens with zero attached hydrogens (tertiary/aromatic N) is 1. The number of thiazole rings is 1. The first-order chi connectivity index (χ1) is 10.3. The first-order valence-corrected chi connectivity index (χ1v) is 8.02. The fraction of sp³-hybridized carbons (Fsp3) is 0.438. The highest BCUT2D eigenvalue weighted by Gasteiger charge is 2.09. The normalized spacial score (nSPS) is 10.6. The van der Waals surface area contributed by atoms with Gasteiger partial charge in [-0.3, -0.25) is 0 Å². The SMILES string of the molecule is CCCc1nc(CCOc2ccc(OC)cc2)sc1CN. The molecule has 1 heterocycles. The van der Waals surface area contributed by atoms with Gasteiger partial charge in [-0.1, -0.05) is 13.3 Å². The molecule has 5 heteroatoms. The van der Waals surface area contributed by atoms with E-state index in [-0.39, 0.29) is 0 Å². The predicted octanol–water partition coefficient (Wildman–Crippen LogP) is 3.18. The lowest BCUT2D eigenvalue weighted by Gasteiger charge is -2.05. The largest absolute Gasteiger partial charge is 0.497 e. The number of hydrogen-bond donors (Lipinski definition) is 1. The molecule has 0 fully saturated rings. The van der Waals surface area contributed by atoms with Crippen LogP contribution in [0.4, 0.5) is 0 Å². The average molecular weight is 306 g/mol. The van der Waals surface area contributed by atoms with Crippen LogP contribution in [0.5, 0.6) is 11.5 Å². The summed E-state index contributed by atoms with van der Waals surface area (Å²) in [5.41, 5.74) is 6.93. The van der Waals surface area contributed by atoms with Gasteiger partial charge in [0.25, 0.3) is 0 Å². The number of hydrogen-bond acceptors (Lipinski definition) is 5. The monoisotopic (exact) mass is 306 g/mol. The second-order valence-corrected chi connectivity index (χ2v) is 5.87. The lowest BCUT2D eigenvalue weighted by atomic mass is 10.2. The second-order valence-electron chi connectivity index (χ2n) is 4.71. The van der Waals surface area contributed by atoms with Crippen molar-refractivity contribution in [3.05, 3.63) is 39.8 Å². The van der Waals surface area contributed by atoms with Crippen molar-refractivity contribution in [2.45, 2.75) is 32.7 Å². The molecule has 0 saturated carbocycles. The van der Waals surface area contributed by atoms with Crippen molar-refractivity contribution in [3.8, 4) is 11.5 Å². The topological polar surface area (TPSA) is 57.4 Å². The summed E-state index contributed by atoms with van der Waals surface area (Å²) in [4.78, 5) is 5.87. The number of benzene rings is 1. The van der Waals surface area contributed by atoms with Crippen molar-refractivity contribution in [1.82, 2.24) is 4.98 Å². The smallest absolute Gasteiger partial charge is 0.119 e. The Kier molecular flexibility index (Phi) is 6.02. The van der Waals surface area contributed by atoms with E-state index in [2.05, 4.69) is 11.9 Å². The van der Waals surface area contributed by atoms with E-state index in [4.69, 9.17) is 15.2 Å². The Morgan fingerprint density at radius 2 is 1.86 bits per heavy atom. The molecule has 2 N–H and O–H groups in total. The van der Waals surface area contributed by atoms with E-state index >= 15 is 0 Å². The minimum Gasteiger partial charge on any atom is -0.497 e. The third-order valence-corrected chi connectivity index (χ3v) is 4.32. The molecule has 0 bridgehead atoms. The Morgan fingerprint density at radius 1 is 1.14 bits per heavy atom. The van der Waals surface area contributed by atoms with Crippen LogP contribution in [0.15, 0.2) is 24.3 Å². The molecule has 1 aromatic heterocycles. The zero-order chi connectivity index (χ0) is 15.1. The summed E-state index contributed by atoms with van der Waals surface area (Å²) >= 11 is 1.70. The summed E-state index contributed by atoms with van der Waals surface area (Å²) in [6.45, 7) is 3.36. The lowest BCUT2D eigenvalue weighted by molar-refractivity contribution is 0.321. The quantitative estimate of drug-likeness (QED) is 0.814. The molecule has 0 saturated heterocycles. The van der Waals surface area contributed by atoms with Crippen LogP contribution < -0.4 is 15.2 Å². The molecule has 0 amide bonds. The number of aromatic nitrogens is 1. The number of aryl methyl sites for hydroxylation is 1. The Bertz CT molecular complexity index is 552. The number of methoxy groups -OCH3 is 1. The molecular weight excluding hydrogens is 284 g/mol. The summed E-state index contributed by atoms with van der Waals surface area (Å²) in [6, 6.07) is 7.61. The van der Waals surface area contributed by atoms with E-state index in [1.807, 2.05) is 24.3 Å². The van der Waals surface area contributed by atoms with Gasteiger partial charge in [0.05, 0.1) is 24.4 Å². The van der Waals surface area contributed by atoms with Crippen molar-refractivity contribution >= 4 is 11.3 Å². The maximum atomic E-state index is 5.77. The average Bonchev–Trinajstić information content (AvgIpc) is 2.90. The molecule has 4 nitrogen and oxygen atoms in total. The van der Waals surface area contributed by atoms with Gasteiger partial charge in [0.15, 0.2) is 0 Å². The second kappa shape index (κ2) is 8.00. The maximum Gasteiger partial charge on any atom is 0.119 e. The fourth-order valence-corrected chi connectivity index (χ4v) is 3.04. The molecule has 0 radical (unpaired) electrons. The van der Waals surface area contributed by atoms with Gasteiger partial charge in [-0.2, -0.15) is 0 Å². The highest BCUT2D eigenvalue weighted by molar-refractivity contribution is 7.11. The zero-order valence-corrected chi connectivity index (χ0v) is 13.4. The first kappa shape index (κ1) is 15.8. The number of ether oxygens (including phenoxy) is 2. The van der Waals surface area contributed by atoms with Gasteiger partial charge >= 0.3 is 0 Å². The zero-order valence-electron chi connectivity index (χ0n) is 12.6. The lowest BCUT2D eigenvalue weighted by Crippen LogP contribution is -2.01. The molecule has 0 aliphatic rings. The van der Waals surface area contributed by atoms with Crippen LogP contribution in [-0.4, -0.2) is 18.7 Å². The third kappa shape index (κ3) is 4.44. The van der Waals surface area contributed by atoms with Crippen LogP contribution in [0, 0.1) is 0 Å². The van der Waals surface area contributed by atoms with Crippen LogP contribution in [0.25, 0.3) is 0 Å². The summed E-state index contributed by atoms with van der Waals surface area (Å²) < 4.78 is 10.9. The molecule has 114 valence electrons. The molecule has 2 aromatic rings. The van der Waals surface area contributed by atoms with Crippen molar-refractivity contribution in [2.75, 3.05) is 13.7 Å². The minimum atomic E-state index is 0.576. The Labute approximate surface area is 129 Å². The van der Waals surface area contributed by atoms with E-state index in [9.17, 15) is 0 Å². The van der Waals surface area contributed by atoms with E-state index in [1.54, 1.807) is 18.4 Å². The Balaban J connectivity index is 1.87. The molecule has 0 aliphatic carbocycles. The van der Waals surface area contributed by atoms with Crippen LogP contribution >= 0.6 is 11.3 Å². The molecule has 0 aliphatic heterocycles. The van der Waals surface area contributed by atoms with Gasteiger partial charge in [0.1, 0.15) is 11.5 Å². The van der Waals surface area contributed by atoms with Crippen LogP contribution in [0.3, 0.4) is 0 Å². The van der Waals surface area contributed by atoms with E-state index in [1.165, 1.54) is 4.88 Å². The van der Waals surface area contributed by atoms with Crippen LogP contribution in [0.2, 0.25) is 0 Å². The Morgan fingerprint density at radius 3 is 2.48 bits per heavy atom. The van der Waals surface area contributed by atoms with Crippen molar-refractivity contribution in [3.63, 3.8) is 0 Å². The highest BCUT2D eigenvalue weighted by atomic mass is 32.1. The number of rotatable bonds is 8. The summed E-state index contributed by atoms with van der Waals surface area (Å²) in [6.07, 6.45) is 2.91. The fourth-order valence-electron chi connectivity index (χ4n) is 2.06. The predicted molar refractivity (Wildman–Crippen MR) is 86.2 cm³/mol.